The molecule has 1 aromatic carbocycles. The second kappa shape index (κ2) is 10.1. The maximum atomic E-state index is 12.9. The molecule has 0 spiro atoms. The van der Waals surface area contributed by atoms with Crippen LogP contribution in [0.2, 0.25) is 0 Å². The van der Waals surface area contributed by atoms with Gasteiger partial charge in [-0.05, 0) is 35.2 Å². The maximum Gasteiger partial charge on any atom is 0.224 e. The molecule has 6 nitrogen and oxygen atoms in total. The van der Waals surface area contributed by atoms with Crippen molar-refractivity contribution in [3.63, 3.8) is 0 Å². The summed E-state index contributed by atoms with van der Waals surface area (Å²) in [7, 11) is 1.78. The smallest absolute Gasteiger partial charge is 0.224 e. The van der Waals surface area contributed by atoms with Gasteiger partial charge in [0.25, 0.3) is 0 Å². The summed E-state index contributed by atoms with van der Waals surface area (Å²) in [6.45, 7) is 4.87. The molecule has 3 rings (SSSR count). The lowest BCUT2D eigenvalue weighted by Crippen LogP contribution is -2.53. The molecule has 28 heavy (non-hydrogen) atoms. The predicted molar refractivity (Wildman–Crippen MR) is 113 cm³/mol. The molecule has 2 heterocycles. The number of nitrogens with one attached hydrogen (secondary N) is 2. The largest absolute Gasteiger partial charge is 0.360 e. The van der Waals surface area contributed by atoms with E-state index in [-0.39, 0.29) is 18.1 Å². The van der Waals surface area contributed by atoms with Gasteiger partial charge >= 0.3 is 0 Å². The number of guanidine groups is 1. The van der Waals surface area contributed by atoms with Crippen LogP contribution in [-0.2, 0) is 11.2 Å². The summed E-state index contributed by atoms with van der Waals surface area (Å²) in [5, 5.41) is 9.60. The number of carbonyl (C=O) groups is 1. The summed E-state index contributed by atoms with van der Waals surface area (Å²) in [6.07, 6.45) is 0.250. The molecule has 0 saturated carbocycles. The average Bonchev–Trinajstić information content (AvgIpc) is 3.25. The minimum Gasteiger partial charge on any atom is -0.360 e. The summed E-state index contributed by atoms with van der Waals surface area (Å²) in [5.74, 6) is 0.488. The van der Waals surface area contributed by atoms with Crippen LogP contribution in [0, 0.1) is 5.82 Å². The van der Waals surface area contributed by atoms with Crippen LogP contribution >= 0.6 is 11.3 Å². The number of hydrogen-bond donors (Lipinski definition) is 2. The summed E-state index contributed by atoms with van der Waals surface area (Å²) >= 11 is 1.77. The molecule has 1 aliphatic heterocycles. The van der Waals surface area contributed by atoms with Gasteiger partial charge in [-0.3, -0.25) is 9.79 Å². The van der Waals surface area contributed by atoms with E-state index in [1.54, 1.807) is 30.5 Å². The number of thiophene rings is 1. The van der Waals surface area contributed by atoms with Crippen molar-refractivity contribution in [3.05, 3.63) is 53.2 Å². The van der Waals surface area contributed by atoms with Crippen LogP contribution in [-0.4, -0.2) is 63.1 Å². The molecular weight excluding hydrogens is 377 g/mol. The van der Waals surface area contributed by atoms with Crippen molar-refractivity contribution in [3.8, 4) is 0 Å². The summed E-state index contributed by atoms with van der Waals surface area (Å²) in [5.41, 5.74) is 0.797. The Hall–Kier alpha value is -2.61. The number of halogens is 1. The topological polar surface area (TPSA) is 60.0 Å². The quantitative estimate of drug-likeness (QED) is 0.440. The molecule has 8 heteroatoms. The van der Waals surface area contributed by atoms with Gasteiger partial charge in [-0.1, -0.05) is 12.1 Å². The summed E-state index contributed by atoms with van der Waals surface area (Å²) in [4.78, 5) is 21.0. The minimum atomic E-state index is -0.295. The number of rotatable bonds is 6. The van der Waals surface area contributed by atoms with Crippen LogP contribution in [0.15, 0.2) is 46.8 Å². The van der Waals surface area contributed by atoms with Crippen LogP contribution in [0.5, 0.6) is 0 Å². The van der Waals surface area contributed by atoms with E-state index in [2.05, 4.69) is 42.9 Å². The molecule has 1 aromatic heterocycles. The number of amides is 1. The van der Waals surface area contributed by atoms with Crippen LogP contribution < -0.4 is 15.5 Å². The fraction of sp³-hybridized carbons (Fsp3) is 0.400. The standard InChI is InChI=1S/C20H26FN5OS/c1-22-20(26-12-10-25(11-13-26)19-3-2-14-28-19)24-9-8-23-18(27)15-16-4-6-17(21)7-5-16/h2-7,14H,8-13,15H2,1H3,(H,22,24)(H,23,27). The van der Waals surface area contributed by atoms with Crippen molar-refractivity contribution in [2.75, 3.05) is 51.2 Å². The first-order valence-electron chi connectivity index (χ1n) is 9.41. The Morgan fingerprint density at radius 1 is 1.11 bits per heavy atom. The maximum absolute atomic E-state index is 12.9. The van der Waals surface area contributed by atoms with Gasteiger partial charge in [-0.15, -0.1) is 11.3 Å². The number of carbonyl (C=O) groups excluding carboxylic acids is 1. The Balaban J connectivity index is 1.35. The first-order valence-corrected chi connectivity index (χ1v) is 10.3. The fourth-order valence-corrected chi connectivity index (χ4v) is 3.93. The predicted octanol–water partition coefficient (Wildman–Crippen LogP) is 1.94. The van der Waals surface area contributed by atoms with Gasteiger partial charge in [-0.2, -0.15) is 0 Å². The summed E-state index contributed by atoms with van der Waals surface area (Å²) < 4.78 is 12.9. The van der Waals surface area contributed by atoms with E-state index in [0.29, 0.717) is 13.1 Å². The first-order chi connectivity index (χ1) is 13.7. The zero-order chi connectivity index (χ0) is 19.8. The molecular formula is C20H26FN5OS. The molecule has 2 N–H and O–H groups in total. The average molecular weight is 404 g/mol. The highest BCUT2D eigenvalue weighted by Gasteiger charge is 2.20. The number of benzene rings is 1. The van der Waals surface area contributed by atoms with Gasteiger partial charge in [0.15, 0.2) is 5.96 Å². The third-order valence-electron chi connectivity index (χ3n) is 4.62. The molecule has 0 bridgehead atoms. The molecule has 2 aromatic rings. The Labute approximate surface area is 169 Å². The molecule has 1 aliphatic rings. The Morgan fingerprint density at radius 3 is 2.46 bits per heavy atom. The fourth-order valence-electron chi connectivity index (χ4n) is 3.15. The molecule has 1 saturated heterocycles. The Kier molecular flexibility index (Phi) is 7.25. The highest BCUT2D eigenvalue weighted by Crippen LogP contribution is 2.22. The second-order valence-corrected chi connectivity index (χ2v) is 7.48. The molecule has 1 fully saturated rings. The zero-order valence-corrected chi connectivity index (χ0v) is 16.8. The molecule has 1 amide bonds. The molecule has 0 aliphatic carbocycles. The van der Waals surface area contributed by atoms with E-state index in [1.165, 1.54) is 17.1 Å². The van der Waals surface area contributed by atoms with Crippen molar-refractivity contribution in [1.29, 1.82) is 0 Å². The van der Waals surface area contributed by atoms with E-state index in [0.717, 1.165) is 37.7 Å². The Bertz CT molecular complexity index is 770. The number of nitrogens with zero attached hydrogens (tertiary/aromatic N) is 3. The Morgan fingerprint density at radius 2 is 1.82 bits per heavy atom. The van der Waals surface area contributed by atoms with Gasteiger partial charge in [0.2, 0.25) is 5.91 Å². The number of hydrogen-bond acceptors (Lipinski definition) is 4. The van der Waals surface area contributed by atoms with Gasteiger partial charge in [0.05, 0.1) is 11.4 Å². The van der Waals surface area contributed by atoms with E-state index < -0.39 is 0 Å². The van der Waals surface area contributed by atoms with Crippen molar-refractivity contribution < 1.29 is 9.18 Å². The van der Waals surface area contributed by atoms with Gasteiger partial charge in [-0.25, -0.2) is 4.39 Å². The van der Waals surface area contributed by atoms with Crippen molar-refractivity contribution in [2.24, 2.45) is 4.99 Å². The highest BCUT2D eigenvalue weighted by atomic mass is 32.1. The van der Waals surface area contributed by atoms with E-state index >= 15 is 0 Å². The van der Waals surface area contributed by atoms with Crippen molar-refractivity contribution in [1.82, 2.24) is 15.5 Å². The number of anilines is 1. The van der Waals surface area contributed by atoms with E-state index in [4.69, 9.17) is 0 Å². The molecule has 0 radical (unpaired) electrons. The van der Waals surface area contributed by atoms with Gasteiger partial charge in [0.1, 0.15) is 5.82 Å². The zero-order valence-electron chi connectivity index (χ0n) is 16.0. The van der Waals surface area contributed by atoms with E-state index in [9.17, 15) is 9.18 Å². The van der Waals surface area contributed by atoms with Gasteiger partial charge < -0.3 is 20.4 Å². The number of aliphatic imine (C=N–C) groups is 1. The molecule has 0 unspecified atom stereocenters. The van der Waals surface area contributed by atoms with Gasteiger partial charge in [0, 0.05) is 46.3 Å². The van der Waals surface area contributed by atoms with Crippen LogP contribution in [0.4, 0.5) is 9.39 Å². The van der Waals surface area contributed by atoms with Crippen molar-refractivity contribution >= 4 is 28.2 Å². The normalized spacial score (nSPS) is 14.9. The third-order valence-corrected chi connectivity index (χ3v) is 5.55. The number of piperazine rings is 1. The second-order valence-electron chi connectivity index (χ2n) is 6.55. The third kappa shape index (κ3) is 5.69. The SMILES string of the molecule is CN=C(NCCNC(=O)Cc1ccc(F)cc1)N1CCN(c2cccs2)CC1. The van der Waals surface area contributed by atoms with Crippen LogP contribution in [0.1, 0.15) is 5.56 Å². The molecule has 150 valence electrons. The van der Waals surface area contributed by atoms with Crippen LogP contribution in [0.3, 0.4) is 0 Å². The minimum absolute atomic E-state index is 0.0760. The lowest BCUT2D eigenvalue weighted by Gasteiger charge is -2.37. The first kappa shape index (κ1) is 20.1. The monoisotopic (exact) mass is 403 g/mol. The molecule has 0 atom stereocenters. The lowest BCUT2D eigenvalue weighted by molar-refractivity contribution is -0.120. The van der Waals surface area contributed by atoms with Crippen LogP contribution in [0.25, 0.3) is 0 Å². The van der Waals surface area contributed by atoms with E-state index in [1.807, 2.05) is 0 Å². The lowest BCUT2D eigenvalue weighted by atomic mass is 10.1. The highest BCUT2D eigenvalue weighted by molar-refractivity contribution is 7.14. The summed E-state index contributed by atoms with van der Waals surface area (Å²) in [6, 6.07) is 10.2. The van der Waals surface area contributed by atoms with Crippen molar-refractivity contribution in [2.45, 2.75) is 6.42 Å².